The summed E-state index contributed by atoms with van der Waals surface area (Å²) in [5.74, 6) is -0.429. The number of halogens is 3. The molecular weight excluding hydrogens is 185 g/mol. The average molecular weight is 198 g/mol. The molecule has 0 aromatic carbocycles. The van der Waals surface area contributed by atoms with Gasteiger partial charge in [-0.2, -0.15) is 13.2 Å². The molecule has 3 nitrogen and oxygen atoms in total. The lowest BCUT2D eigenvalue weighted by atomic mass is 10.3. The summed E-state index contributed by atoms with van der Waals surface area (Å²) in [6.45, 7) is 1.49. The van der Waals surface area contributed by atoms with Crippen molar-refractivity contribution >= 4 is 5.91 Å². The van der Waals surface area contributed by atoms with Crippen LogP contribution in [-0.4, -0.2) is 24.7 Å². The van der Waals surface area contributed by atoms with Gasteiger partial charge in [0.25, 0.3) is 0 Å². The Morgan fingerprint density at radius 1 is 1.54 bits per heavy atom. The van der Waals surface area contributed by atoms with Crippen molar-refractivity contribution in [2.24, 2.45) is 5.73 Å². The fourth-order valence-corrected chi connectivity index (χ4v) is 0.661. The first-order chi connectivity index (χ1) is 5.83. The molecule has 0 aliphatic carbocycles. The van der Waals surface area contributed by atoms with E-state index in [4.69, 9.17) is 5.73 Å². The Morgan fingerprint density at radius 2 is 2.08 bits per heavy atom. The molecule has 1 unspecified atom stereocenters. The maximum atomic E-state index is 11.6. The Labute approximate surface area is 74.5 Å². The molecule has 3 N–H and O–H groups in total. The summed E-state index contributed by atoms with van der Waals surface area (Å²) in [6.07, 6.45) is -5.15. The molecule has 0 aromatic heterocycles. The molecule has 0 spiro atoms. The second-order valence-corrected chi connectivity index (χ2v) is 2.80. The summed E-state index contributed by atoms with van der Waals surface area (Å²) < 4.78 is 34.8. The first-order valence-electron chi connectivity index (χ1n) is 3.93. The normalized spacial score (nSPS) is 13.9. The van der Waals surface area contributed by atoms with E-state index in [9.17, 15) is 18.0 Å². The SMILES string of the molecule is CC(N)C(=O)NCCCC(F)(F)F. The third-order valence-electron chi connectivity index (χ3n) is 1.35. The van der Waals surface area contributed by atoms with Gasteiger partial charge in [0.1, 0.15) is 0 Å². The van der Waals surface area contributed by atoms with Crippen LogP contribution in [0.5, 0.6) is 0 Å². The second-order valence-electron chi connectivity index (χ2n) is 2.80. The Balaban J connectivity index is 3.42. The van der Waals surface area contributed by atoms with Crippen LogP contribution in [0, 0.1) is 0 Å². The molecule has 0 rings (SSSR count). The summed E-state index contributed by atoms with van der Waals surface area (Å²) >= 11 is 0. The number of nitrogens with one attached hydrogen (secondary N) is 1. The van der Waals surface area contributed by atoms with Crippen molar-refractivity contribution in [1.82, 2.24) is 5.32 Å². The molecule has 1 atom stereocenters. The molecule has 0 aromatic rings. The average Bonchev–Trinajstić information content (AvgIpc) is 1.95. The predicted molar refractivity (Wildman–Crippen MR) is 41.9 cm³/mol. The van der Waals surface area contributed by atoms with E-state index in [1.54, 1.807) is 0 Å². The first-order valence-corrected chi connectivity index (χ1v) is 3.93. The Hall–Kier alpha value is -0.780. The van der Waals surface area contributed by atoms with E-state index in [-0.39, 0.29) is 13.0 Å². The predicted octanol–water partition coefficient (Wildman–Crippen LogP) is 0.792. The van der Waals surface area contributed by atoms with Gasteiger partial charge in [0.2, 0.25) is 5.91 Å². The van der Waals surface area contributed by atoms with Crippen LogP contribution in [0.3, 0.4) is 0 Å². The summed E-state index contributed by atoms with van der Waals surface area (Å²) in [5, 5.41) is 2.29. The van der Waals surface area contributed by atoms with E-state index in [1.807, 2.05) is 0 Å². The minimum Gasteiger partial charge on any atom is -0.355 e. The fourth-order valence-electron chi connectivity index (χ4n) is 0.661. The fraction of sp³-hybridized carbons (Fsp3) is 0.857. The van der Waals surface area contributed by atoms with E-state index in [0.717, 1.165) is 0 Å². The van der Waals surface area contributed by atoms with Crippen molar-refractivity contribution in [3.63, 3.8) is 0 Å². The topological polar surface area (TPSA) is 55.1 Å². The molecule has 0 heterocycles. The van der Waals surface area contributed by atoms with Crippen LogP contribution >= 0.6 is 0 Å². The molecular formula is C7H13F3N2O. The first kappa shape index (κ1) is 12.2. The Kier molecular flexibility index (Phi) is 4.76. The molecule has 0 bridgehead atoms. The Morgan fingerprint density at radius 3 is 2.46 bits per heavy atom. The van der Waals surface area contributed by atoms with Gasteiger partial charge in [-0.3, -0.25) is 4.79 Å². The van der Waals surface area contributed by atoms with E-state index in [0.29, 0.717) is 0 Å². The molecule has 0 radical (unpaired) electrons. The third-order valence-corrected chi connectivity index (χ3v) is 1.35. The molecule has 1 amide bonds. The smallest absolute Gasteiger partial charge is 0.355 e. The Bertz CT molecular complexity index is 168. The summed E-state index contributed by atoms with van der Waals surface area (Å²) in [4.78, 5) is 10.7. The summed E-state index contributed by atoms with van der Waals surface area (Å²) in [6, 6.07) is -0.675. The zero-order valence-corrected chi connectivity index (χ0v) is 7.32. The number of hydrogen-bond acceptors (Lipinski definition) is 2. The van der Waals surface area contributed by atoms with Gasteiger partial charge in [-0.25, -0.2) is 0 Å². The molecule has 0 fully saturated rings. The second kappa shape index (κ2) is 5.06. The van der Waals surface area contributed by atoms with Gasteiger partial charge in [0.15, 0.2) is 0 Å². The van der Waals surface area contributed by atoms with E-state index in [2.05, 4.69) is 5.32 Å². The zero-order valence-electron chi connectivity index (χ0n) is 7.32. The minimum absolute atomic E-state index is 0.0138. The summed E-state index contributed by atoms with van der Waals surface area (Å²) in [7, 11) is 0. The van der Waals surface area contributed by atoms with Crippen LogP contribution < -0.4 is 11.1 Å². The zero-order chi connectivity index (χ0) is 10.5. The van der Waals surface area contributed by atoms with Crippen LogP contribution in [0.15, 0.2) is 0 Å². The number of nitrogens with two attached hydrogens (primary N) is 1. The minimum atomic E-state index is -4.15. The van der Waals surface area contributed by atoms with Crippen molar-refractivity contribution in [2.45, 2.75) is 32.0 Å². The van der Waals surface area contributed by atoms with Crippen LogP contribution in [-0.2, 0) is 4.79 Å². The van der Waals surface area contributed by atoms with Gasteiger partial charge in [-0.1, -0.05) is 0 Å². The lowest BCUT2D eigenvalue weighted by Crippen LogP contribution is -2.38. The highest BCUT2D eigenvalue weighted by molar-refractivity contribution is 5.80. The number of carbonyl (C=O) groups is 1. The number of hydrogen-bond donors (Lipinski definition) is 2. The molecule has 13 heavy (non-hydrogen) atoms. The molecule has 6 heteroatoms. The quantitative estimate of drug-likeness (QED) is 0.656. The van der Waals surface area contributed by atoms with Crippen molar-refractivity contribution in [3.05, 3.63) is 0 Å². The molecule has 0 saturated heterocycles. The molecule has 0 aliphatic heterocycles. The van der Waals surface area contributed by atoms with E-state index in [1.165, 1.54) is 6.92 Å². The van der Waals surface area contributed by atoms with E-state index < -0.39 is 24.5 Å². The highest BCUT2D eigenvalue weighted by Gasteiger charge is 2.25. The number of rotatable bonds is 4. The van der Waals surface area contributed by atoms with Crippen molar-refractivity contribution < 1.29 is 18.0 Å². The van der Waals surface area contributed by atoms with Gasteiger partial charge in [-0.15, -0.1) is 0 Å². The van der Waals surface area contributed by atoms with Gasteiger partial charge in [0, 0.05) is 13.0 Å². The molecule has 78 valence electrons. The number of alkyl halides is 3. The lowest BCUT2D eigenvalue weighted by Gasteiger charge is -2.08. The van der Waals surface area contributed by atoms with Crippen LogP contribution in [0.2, 0.25) is 0 Å². The van der Waals surface area contributed by atoms with Crippen molar-refractivity contribution in [1.29, 1.82) is 0 Å². The summed E-state index contributed by atoms with van der Waals surface area (Å²) in [5.41, 5.74) is 5.17. The van der Waals surface area contributed by atoms with Crippen LogP contribution in [0.25, 0.3) is 0 Å². The van der Waals surface area contributed by atoms with Gasteiger partial charge in [-0.05, 0) is 13.3 Å². The van der Waals surface area contributed by atoms with Gasteiger partial charge >= 0.3 is 6.18 Å². The number of amides is 1. The highest BCUT2D eigenvalue weighted by atomic mass is 19.4. The van der Waals surface area contributed by atoms with Crippen molar-refractivity contribution in [2.75, 3.05) is 6.54 Å². The van der Waals surface area contributed by atoms with Crippen LogP contribution in [0.1, 0.15) is 19.8 Å². The third kappa shape index (κ3) is 7.58. The van der Waals surface area contributed by atoms with Gasteiger partial charge in [0.05, 0.1) is 6.04 Å². The lowest BCUT2D eigenvalue weighted by molar-refractivity contribution is -0.136. The standard InChI is InChI=1S/C7H13F3N2O/c1-5(11)6(13)12-4-2-3-7(8,9)10/h5H,2-4,11H2,1H3,(H,12,13). The maximum Gasteiger partial charge on any atom is 0.389 e. The molecule has 0 saturated carbocycles. The largest absolute Gasteiger partial charge is 0.389 e. The van der Waals surface area contributed by atoms with Crippen molar-refractivity contribution in [3.8, 4) is 0 Å². The molecule has 0 aliphatic rings. The van der Waals surface area contributed by atoms with Crippen LogP contribution in [0.4, 0.5) is 13.2 Å². The number of carbonyl (C=O) groups excluding carboxylic acids is 1. The van der Waals surface area contributed by atoms with Gasteiger partial charge < -0.3 is 11.1 Å². The van der Waals surface area contributed by atoms with E-state index >= 15 is 0 Å². The highest BCUT2D eigenvalue weighted by Crippen LogP contribution is 2.20. The maximum absolute atomic E-state index is 11.6. The monoisotopic (exact) mass is 198 g/mol.